The molecule has 1 aromatic heterocycles. The highest BCUT2D eigenvalue weighted by Gasteiger charge is 2.30. The average Bonchev–Trinajstić information content (AvgIpc) is 3.25. The third-order valence-corrected chi connectivity index (χ3v) is 6.00. The molecule has 27 heavy (non-hydrogen) atoms. The lowest BCUT2D eigenvalue weighted by Gasteiger charge is -2.38. The van der Waals surface area contributed by atoms with Crippen molar-refractivity contribution in [3.05, 3.63) is 40.2 Å². The van der Waals surface area contributed by atoms with Crippen LogP contribution in [0, 0.1) is 17.2 Å². The monoisotopic (exact) mass is 364 g/mol. The predicted octanol–water partition coefficient (Wildman–Crippen LogP) is 2.25. The number of amides is 1. The molecule has 0 radical (unpaired) electrons. The Kier molecular flexibility index (Phi) is 4.61. The van der Waals surface area contributed by atoms with E-state index in [0.717, 1.165) is 36.6 Å². The fourth-order valence-electron chi connectivity index (χ4n) is 4.49. The second-order valence-corrected chi connectivity index (χ2v) is 7.51. The van der Waals surface area contributed by atoms with Crippen LogP contribution in [0.2, 0.25) is 0 Å². The normalized spacial score (nSPS) is 18.1. The first-order chi connectivity index (χ1) is 13.1. The van der Waals surface area contributed by atoms with Gasteiger partial charge in [-0.25, -0.2) is 0 Å². The Morgan fingerprint density at radius 2 is 1.78 bits per heavy atom. The maximum atomic E-state index is 12.7. The van der Waals surface area contributed by atoms with Gasteiger partial charge in [0.15, 0.2) is 0 Å². The summed E-state index contributed by atoms with van der Waals surface area (Å²) in [7, 11) is 1.70. The number of fused-ring (bicyclic) bond motifs is 1. The Morgan fingerprint density at radius 3 is 2.44 bits per heavy atom. The van der Waals surface area contributed by atoms with Crippen LogP contribution in [0.5, 0.6) is 0 Å². The van der Waals surface area contributed by atoms with Crippen LogP contribution in [0.1, 0.15) is 31.2 Å². The Balaban J connectivity index is 1.64. The van der Waals surface area contributed by atoms with Crippen LogP contribution in [0.15, 0.2) is 29.1 Å². The number of carbonyl (C=O) groups excluding carboxylic acids is 1. The quantitative estimate of drug-likeness (QED) is 0.820. The van der Waals surface area contributed by atoms with E-state index in [1.54, 1.807) is 7.05 Å². The minimum atomic E-state index is -0.268. The Bertz CT molecular complexity index is 974. The lowest BCUT2D eigenvalue weighted by Crippen LogP contribution is -2.50. The molecule has 1 saturated heterocycles. The molecule has 1 aliphatic heterocycles. The first kappa shape index (κ1) is 17.6. The van der Waals surface area contributed by atoms with Gasteiger partial charge in [0, 0.05) is 44.5 Å². The summed E-state index contributed by atoms with van der Waals surface area (Å²) in [5, 5.41) is 10.6. The van der Waals surface area contributed by atoms with Crippen molar-refractivity contribution in [1.29, 1.82) is 5.26 Å². The minimum absolute atomic E-state index is 0.187. The molecule has 2 aromatic rings. The highest BCUT2D eigenvalue weighted by Crippen LogP contribution is 2.30. The Labute approximate surface area is 158 Å². The first-order valence-electron chi connectivity index (χ1n) is 9.67. The maximum absolute atomic E-state index is 12.7. The van der Waals surface area contributed by atoms with Gasteiger partial charge in [0.25, 0.3) is 5.56 Å². The summed E-state index contributed by atoms with van der Waals surface area (Å²) < 4.78 is 1.54. The van der Waals surface area contributed by atoms with Crippen molar-refractivity contribution < 1.29 is 4.79 Å². The molecular weight excluding hydrogens is 340 g/mol. The lowest BCUT2D eigenvalue weighted by atomic mass is 10.0. The molecular formula is C21H24N4O2. The van der Waals surface area contributed by atoms with Crippen molar-refractivity contribution >= 4 is 22.5 Å². The molecule has 0 bridgehead atoms. The predicted molar refractivity (Wildman–Crippen MR) is 105 cm³/mol. The topological polar surface area (TPSA) is 69.3 Å². The number of hydrogen-bond acceptors (Lipinski definition) is 4. The number of anilines is 1. The van der Waals surface area contributed by atoms with Crippen LogP contribution in [-0.2, 0) is 11.8 Å². The largest absolute Gasteiger partial charge is 0.366 e. The summed E-state index contributed by atoms with van der Waals surface area (Å²) >= 11 is 0. The van der Waals surface area contributed by atoms with E-state index >= 15 is 0 Å². The summed E-state index contributed by atoms with van der Waals surface area (Å²) in [6, 6.07) is 9.81. The molecule has 1 aromatic carbocycles. The number of hydrogen-bond donors (Lipinski definition) is 0. The van der Waals surface area contributed by atoms with Gasteiger partial charge in [0.1, 0.15) is 11.6 Å². The number of para-hydroxylation sites is 1. The van der Waals surface area contributed by atoms with E-state index in [-0.39, 0.29) is 22.9 Å². The molecule has 1 amide bonds. The molecule has 1 aliphatic carbocycles. The molecule has 140 valence electrons. The fourth-order valence-corrected chi connectivity index (χ4v) is 4.49. The zero-order valence-corrected chi connectivity index (χ0v) is 15.6. The molecule has 2 heterocycles. The average molecular weight is 364 g/mol. The van der Waals surface area contributed by atoms with E-state index in [9.17, 15) is 14.9 Å². The summed E-state index contributed by atoms with van der Waals surface area (Å²) in [6.07, 6.45) is 4.33. The van der Waals surface area contributed by atoms with E-state index in [2.05, 4.69) is 11.0 Å². The Hall–Kier alpha value is -2.81. The lowest BCUT2D eigenvalue weighted by molar-refractivity contribution is -0.135. The van der Waals surface area contributed by atoms with Gasteiger partial charge < -0.3 is 14.4 Å². The summed E-state index contributed by atoms with van der Waals surface area (Å²) in [4.78, 5) is 29.4. The number of carbonyl (C=O) groups is 1. The number of benzene rings is 1. The zero-order valence-electron chi connectivity index (χ0n) is 15.6. The summed E-state index contributed by atoms with van der Waals surface area (Å²) in [5.41, 5.74) is 1.45. The minimum Gasteiger partial charge on any atom is -0.366 e. The number of rotatable bonds is 2. The van der Waals surface area contributed by atoms with E-state index in [0.29, 0.717) is 31.9 Å². The summed E-state index contributed by atoms with van der Waals surface area (Å²) in [5.74, 6) is 0.470. The zero-order chi connectivity index (χ0) is 19.0. The van der Waals surface area contributed by atoms with Crippen molar-refractivity contribution in [1.82, 2.24) is 9.47 Å². The van der Waals surface area contributed by atoms with Gasteiger partial charge in [0.2, 0.25) is 5.91 Å². The van der Waals surface area contributed by atoms with Gasteiger partial charge in [-0.05, 0) is 18.9 Å². The van der Waals surface area contributed by atoms with E-state index in [1.807, 2.05) is 29.2 Å². The second-order valence-electron chi connectivity index (χ2n) is 7.51. The molecule has 0 unspecified atom stereocenters. The molecule has 2 fully saturated rings. The molecule has 1 saturated carbocycles. The number of aromatic nitrogens is 1. The number of piperazine rings is 1. The molecule has 6 heteroatoms. The van der Waals surface area contributed by atoms with Crippen LogP contribution in [0.25, 0.3) is 10.9 Å². The number of nitrogens with zero attached hydrogens (tertiary/aromatic N) is 4. The van der Waals surface area contributed by atoms with Crippen molar-refractivity contribution in [2.24, 2.45) is 13.0 Å². The van der Waals surface area contributed by atoms with Gasteiger partial charge >= 0.3 is 0 Å². The fraction of sp³-hybridized carbons (Fsp3) is 0.476. The van der Waals surface area contributed by atoms with Crippen LogP contribution < -0.4 is 10.5 Å². The van der Waals surface area contributed by atoms with E-state index in [4.69, 9.17) is 0 Å². The van der Waals surface area contributed by atoms with Crippen LogP contribution in [0.4, 0.5) is 5.69 Å². The number of pyridine rings is 1. The third kappa shape index (κ3) is 2.97. The highest BCUT2D eigenvalue weighted by molar-refractivity contribution is 5.95. The van der Waals surface area contributed by atoms with Crippen molar-refractivity contribution in [2.75, 3.05) is 31.1 Å². The SMILES string of the molecule is Cn1c(=O)c(C#N)c(N2CCN(C(=O)C3CCCC3)CC2)c2ccccc21. The van der Waals surface area contributed by atoms with Crippen molar-refractivity contribution in [3.63, 3.8) is 0 Å². The van der Waals surface area contributed by atoms with Crippen LogP contribution >= 0.6 is 0 Å². The van der Waals surface area contributed by atoms with Gasteiger partial charge in [-0.3, -0.25) is 9.59 Å². The van der Waals surface area contributed by atoms with Gasteiger partial charge in [-0.2, -0.15) is 5.26 Å². The molecule has 0 N–H and O–H groups in total. The van der Waals surface area contributed by atoms with Crippen molar-refractivity contribution in [2.45, 2.75) is 25.7 Å². The van der Waals surface area contributed by atoms with Crippen LogP contribution in [-0.4, -0.2) is 41.6 Å². The first-order valence-corrected chi connectivity index (χ1v) is 9.67. The van der Waals surface area contributed by atoms with Gasteiger partial charge in [-0.1, -0.05) is 31.0 Å². The smallest absolute Gasteiger partial charge is 0.270 e. The molecule has 6 nitrogen and oxygen atoms in total. The van der Waals surface area contributed by atoms with Crippen LogP contribution in [0.3, 0.4) is 0 Å². The number of aryl methyl sites for hydroxylation is 1. The highest BCUT2D eigenvalue weighted by atomic mass is 16.2. The van der Waals surface area contributed by atoms with E-state index < -0.39 is 0 Å². The third-order valence-electron chi connectivity index (χ3n) is 6.00. The van der Waals surface area contributed by atoms with Gasteiger partial charge in [-0.15, -0.1) is 0 Å². The molecule has 0 atom stereocenters. The molecule has 0 spiro atoms. The van der Waals surface area contributed by atoms with E-state index in [1.165, 1.54) is 4.57 Å². The number of nitriles is 1. The summed E-state index contributed by atoms with van der Waals surface area (Å²) in [6.45, 7) is 2.57. The maximum Gasteiger partial charge on any atom is 0.270 e. The molecule has 4 rings (SSSR count). The van der Waals surface area contributed by atoms with Crippen molar-refractivity contribution in [3.8, 4) is 6.07 Å². The Morgan fingerprint density at radius 1 is 1.11 bits per heavy atom. The standard InChI is InChI=1S/C21H24N4O2/c1-23-18-9-5-4-8-16(18)19(17(14-22)21(23)27)24-10-12-25(13-11-24)20(26)15-6-2-3-7-15/h4-5,8-9,15H,2-3,6-7,10-13H2,1H3. The second kappa shape index (κ2) is 7.07. The van der Waals surface area contributed by atoms with Gasteiger partial charge in [0.05, 0.1) is 11.2 Å². The molecule has 2 aliphatic rings.